The van der Waals surface area contributed by atoms with E-state index in [0.29, 0.717) is 6.04 Å². The summed E-state index contributed by atoms with van der Waals surface area (Å²) in [7, 11) is 0. The number of rotatable bonds is 8. The van der Waals surface area contributed by atoms with Gasteiger partial charge in [0, 0.05) is 12.6 Å². The Kier molecular flexibility index (Phi) is 6.82. The third-order valence-electron chi connectivity index (χ3n) is 2.76. The smallest absolute Gasteiger partial charge is 0.123 e. The van der Waals surface area contributed by atoms with Gasteiger partial charge in [0.2, 0.25) is 0 Å². The van der Waals surface area contributed by atoms with Gasteiger partial charge in [-0.2, -0.15) is 0 Å². The lowest BCUT2D eigenvalue weighted by atomic mass is 10.1. The maximum atomic E-state index is 13.0. The van der Waals surface area contributed by atoms with Crippen molar-refractivity contribution in [1.29, 1.82) is 0 Å². The summed E-state index contributed by atoms with van der Waals surface area (Å²) in [6.07, 6.45) is 3.85. The molecule has 96 valence electrons. The molecule has 1 unspecified atom stereocenters. The Morgan fingerprint density at radius 3 is 2.82 bits per heavy atom. The first-order valence-corrected chi connectivity index (χ1v) is 6.31. The summed E-state index contributed by atoms with van der Waals surface area (Å²) in [5.74, 6) is -0.169. The molecule has 2 N–H and O–H groups in total. The Morgan fingerprint density at radius 2 is 2.12 bits per heavy atom. The topological polar surface area (TPSA) is 32.3 Å². The van der Waals surface area contributed by atoms with Crippen LogP contribution in [0.2, 0.25) is 0 Å². The Morgan fingerprint density at radius 1 is 1.29 bits per heavy atom. The molecule has 0 radical (unpaired) electrons. The van der Waals surface area contributed by atoms with Gasteiger partial charge in [0.1, 0.15) is 5.82 Å². The molecule has 0 saturated carbocycles. The van der Waals surface area contributed by atoms with Crippen LogP contribution in [-0.4, -0.2) is 24.3 Å². The van der Waals surface area contributed by atoms with Gasteiger partial charge < -0.3 is 10.4 Å². The molecular weight excluding hydrogens is 217 g/mol. The SMILES string of the molecule is CC(Cc1cccc(F)c1)NCCCCCO. The molecule has 0 heterocycles. The molecule has 1 aromatic carbocycles. The van der Waals surface area contributed by atoms with Crippen molar-refractivity contribution in [1.82, 2.24) is 5.32 Å². The van der Waals surface area contributed by atoms with Crippen LogP contribution in [-0.2, 0) is 6.42 Å². The van der Waals surface area contributed by atoms with E-state index in [1.165, 1.54) is 6.07 Å². The molecule has 1 rings (SSSR count). The standard InChI is InChI=1S/C14H22FNO/c1-12(16-8-3-2-4-9-17)10-13-6-5-7-14(15)11-13/h5-7,11-12,16-17H,2-4,8-10H2,1H3. The molecule has 0 aromatic heterocycles. The number of aliphatic hydroxyl groups excluding tert-OH is 1. The van der Waals surface area contributed by atoms with Gasteiger partial charge >= 0.3 is 0 Å². The molecule has 3 heteroatoms. The highest BCUT2D eigenvalue weighted by atomic mass is 19.1. The summed E-state index contributed by atoms with van der Waals surface area (Å²) in [4.78, 5) is 0. The third kappa shape index (κ3) is 6.39. The Labute approximate surface area is 103 Å². The maximum absolute atomic E-state index is 13.0. The second kappa shape index (κ2) is 8.20. The van der Waals surface area contributed by atoms with Crippen LogP contribution in [0.25, 0.3) is 0 Å². The zero-order valence-electron chi connectivity index (χ0n) is 10.5. The first kappa shape index (κ1) is 14.1. The van der Waals surface area contributed by atoms with Gasteiger partial charge in [0.15, 0.2) is 0 Å². The van der Waals surface area contributed by atoms with Crippen LogP contribution in [0, 0.1) is 5.82 Å². The summed E-state index contributed by atoms with van der Waals surface area (Å²) < 4.78 is 13.0. The Hall–Kier alpha value is -0.930. The maximum Gasteiger partial charge on any atom is 0.123 e. The predicted molar refractivity (Wildman–Crippen MR) is 68.5 cm³/mol. The Bertz CT molecular complexity index is 317. The lowest BCUT2D eigenvalue weighted by Crippen LogP contribution is -2.29. The van der Waals surface area contributed by atoms with Crippen molar-refractivity contribution in [3.8, 4) is 0 Å². The van der Waals surface area contributed by atoms with Gasteiger partial charge in [-0.05, 0) is 56.8 Å². The number of nitrogens with one attached hydrogen (secondary N) is 1. The van der Waals surface area contributed by atoms with E-state index in [4.69, 9.17) is 5.11 Å². The van der Waals surface area contributed by atoms with Crippen LogP contribution in [0.3, 0.4) is 0 Å². The van der Waals surface area contributed by atoms with Crippen molar-refractivity contribution in [3.05, 3.63) is 35.6 Å². The van der Waals surface area contributed by atoms with E-state index >= 15 is 0 Å². The van der Waals surface area contributed by atoms with Gasteiger partial charge in [-0.25, -0.2) is 4.39 Å². The molecular formula is C14H22FNO. The molecule has 0 fully saturated rings. The van der Waals surface area contributed by atoms with E-state index in [1.807, 2.05) is 6.07 Å². The van der Waals surface area contributed by atoms with Crippen molar-refractivity contribution >= 4 is 0 Å². The highest BCUT2D eigenvalue weighted by Crippen LogP contribution is 2.06. The van der Waals surface area contributed by atoms with Crippen LogP contribution in [0.4, 0.5) is 4.39 Å². The highest BCUT2D eigenvalue weighted by molar-refractivity contribution is 5.17. The van der Waals surface area contributed by atoms with Crippen LogP contribution >= 0.6 is 0 Å². The molecule has 0 aliphatic carbocycles. The van der Waals surface area contributed by atoms with Gasteiger partial charge in [-0.3, -0.25) is 0 Å². The number of halogens is 1. The first-order chi connectivity index (χ1) is 8.22. The second-order valence-corrected chi connectivity index (χ2v) is 4.47. The molecule has 17 heavy (non-hydrogen) atoms. The van der Waals surface area contributed by atoms with E-state index < -0.39 is 0 Å². The number of unbranched alkanes of at least 4 members (excludes halogenated alkanes) is 2. The average Bonchev–Trinajstić information content (AvgIpc) is 2.29. The molecule has 0 aliphatic heterocycles. The van der Waals surface area contributed by atoms with Crippen molar-refractivity contribution in [2.24, 2.45) is 0 Å². The minimum Gasteiger partial charge on any atom is -0.396 e. The van der Waals surface area contributed by atoms with E-state index in [9.17, 15) is 4.39 Å². The molecule has 0 aliphatic rings. The molecule has 0 saturated heterocycles. The van der Waals surface area contributed by atoms with E-state index in [1.54, 1.807) is 12.1 Å². The van der Waals surface area contributed by atoms with Crippen molar-refractivity contribution in [2.75, 3.05) is 13.2 Å². The predicted octanol–water partition coefficient (Wildman–Crippen LogP) is 2.51. The van der Waals surface area contributed by atoms with E-state index in [2.05, 4.69) is 12.2 Å². The quantitative estimate of drug-likeness (QED) is 0.683. The van der Waals surface area contributed by atoms with E-state index in [0.717, 1.165) is 37.8 Å². The monoisotopic (exact) mass is 239 g/mol. The van der Waals surface area contributed by atoms with Crippen LogP contribution < -0.4 is 5.32 Å². The normalized spacial score (nSPS) is 12.6. The average molecular weight is 239 g/mol. The summed E-state index contributed by atoms with van der Waals surface area (Å²) in [6.45, 7) is 3.34. The zero-order chi connectivity index (χ0) is 12.5. The highest BCUT2D eigenvalue weighted by Gasteiger charge is 2.03. The first-order valence-electron chi connectivity index (χ1n) is 6.31. The number of hydrogen-bond acceptors (Lipinski definition) is 2. The van der Waals surface area contributed by atoms with Crippen molar-refractivity contribution in [2.45, 2.75) is 38.6 Å². The second-order valence-electron chi connectivity index (χ2n) is 4.47. The largest absolute Gasteiger partial charge is 0.396 e. The summed E-state index contributed by atoms with van der Waals surface area (Å²) in [5.41, 5.74) is 1.03. The number of hydrogen-bond donors (Lipinski definition) is 2. The van der Waals surface area contributed by atoms with Gasteiger partial charge in [-0.15, -0.1) is 0 Å². The zero-order valence-corrected chi connectivity index (χ0v) is 10.5. The molecule has 1 aromatic rings. The lowest BCUT2D eigenvalue weighted by molar-refractivity contribution is 0.282. The van der Waals surface area contributed by atoms with Gasteiger partial charge in [-0.1, -0.05) is 12.1 Å². The third-order valence-corrected chi connectivity index (χ3v) is 2.76. The van der Waals surface area contributed by atoms with Crippen LogP contribution in [0.1, 0.15) is 31.7 Å². The van der Waals surface area contributed by atoms with E-state index in [-0.39, 0.29) is 12.4 Å². The summed E-state index contributed by atoms with van der Waals surface area (Å²) in [6, 6.07) is 7.11. The minimum absolute atomic E-state index is 0.169. The molecule has 0 amide bonds. The fourth-order valence-electron chi connectivity index (χ4n) is 1.85. The molecule has 2 nitrogen and oxygen atoms in total. The van der Waals surface area contributed by atoms with Crippen LogP contribution in [0.15, 0.2) is 24.3 Å². The summed E-state index contributed by atoms with van der Waals surface area (Å²) >= 11 is 0. The van der Waals surface area contributed by atoms with Gasteiger partial charge in [0.05, 0.1) is 0 Å². The fraction of sp³-hybridized carbons (Fsp3) is 0.571. The van der Waals surface area contributed by atoms with Gasteiger partial charge in [0.25, 0.3) is 0 Å². The molecule has 0 spiro atoms. The van der Waals surface area contributed by atoms with Crippen molar-refractivity contribution < 1.29 is 9.50 Å². The number of aliphatic hydroxyl groups is 1. The fourth-order valence-corrected chi connectivity index (χ4v) is 1.85. The molecule has 1 atom stereocenters. The summed E-state index contributed by atoms with van der Waals surface area (Å²) in [5, 5.41) is 12.0. The minimum atomic E-state index is -0.169. The number of benzene rings is 1. The van der Waals surface area contributed by atoms with Crippen molar-refractivity contribution in [3.63, 3.8) is 0 Å². The molecule has 0 bridgehead atoms. The lowest BCUT2D eigenvalue weighted by Gasteiger charge is -2.13. The Balaban J connectivity index is 2.18. The van der Waals surface area contributed by atoms with Crippen LogP contribution in [0.5, 0.6) is 0 Å².